The molecule has 1 aromatic rings. The van der Waals surface area contributed by atoms with Crippen LogP contribution in [0.15, 0.2) is 18.2 Å². The Morgan fingerprint density at radius 2 is 1.88 bits per heavy atom. The lowest BCUT2D eigenvalue weighted by Crippen LogP contribution is -2.29. The highest BCUT2D eigenvalue weighted by molar-refractivity contribution is 7.99. The van der Waals surface area contributed by atoms with Crippen molar-refractivity contribution in [3.8, 4) is 0 Å². The largest absolute Gasteiger partial charge is 0.480 e. The van der Waals surface area contributed by atoms with Gasteiger partial charge < -0.3 is 20.9 Å². The number of para-hydroxylation sites is 1. The molecule has 0 saturated heterocycles. The summed E-state index contributed by atoms with van der Waals surface area (Å²) in [6.45, 7) is 8.20. The van der Waals surface area contributed by atoms with E-state index in [1.54, 1.807) is 11.8 Å². The Balaban J connectivity index is 0.000000922. The van der Waals surface area contributed by atoms with Gasteiger partial charge in [-0.15, -0.1) is 0 Å². The molecule has 24 heavy (non-hydrogen) atoms. The molecular weight excluding hydrogens is 328 g/mol. The van der Waals surface area contributed by atoms with Crippen molar-refractivity contribution in [3.63, 3.8) is 0 Å². The average molecular weight is 356 g/mol. The molecule has 0 fully saturated rings. The molecule has 0 heterocycles. The number of carbonyl (C=O) groups excluding carboxylic acids is 1. The Morgan fingerprint density at radius 3 is 2.33 bits per heavy atom. The molecular formula is C17H28N2O4S. The van der Waals surface area contributed by atoms with Crippen molar-refractivity contribution in [1.82, 2.24) is 0 Å². The first-order valence-corrected chi connectivity index (χ1v) is 8.97. The maximum atomic E-state index is 11.8. The van der Waals surface area contributed by atoms with E-state index in [-0.39, 0.29) is 18.6 Å². The highest BCUT2D eigenvalue weighted by Crippen LogP contribution is 2.20. The Morgan fingerprint density at radius 1 is 1.33 bits per heavy atom. The summed E-state index contributed by atoms with van der Waals surface area (Å²) in [6, 6.07) is 5.75. The summed E-state index contributed by atoms with van der Waals surface area (Å²) in [4.78, 5) is 21.1. The van der Waals surface area contributed by atoms with Crippen LogP contribution >= 0.6 is 11.8 Å². The summed E-state index contributed by atoms with van der Waals surface area (Å²) >= 11 is 1.77. The van der Waals surface area contributed by atoms with E-state index >= 15 is 0 Å². The predicted octanol–water partition coefficient (Wildman–Crippen LogP) is 2.43. The fraction of sp³-hybridized carbons (Fsp3) is 0.529. The molecule has 0 spiro atoms. The van der Waals surface area contributed by atoms with Gasteiger partial charge in [0.15, 0.2) is 0 Å². The topological polar surface area (TPSA) is 102 Å². The lowest BCUT2D eigenvalue weighted by atomic mass is 10.1. The fourth-order valence-electron chi connectivity index (χ4n) is 1.79. The van der Waals surface area contributed by atoms with Gasteiger partial charge in [0.2, 0.25) is 0 Å². The summed E-state index contributed by atoms with van der Waals surface area (Å²) in [5.74, 6) is 0.746. The highest BCUT2D eigenvalue weighted by Gasteiger charge is 2.15. The van der Waals surface area contributed by atoms with Gasteiger partial charge in [-0.2, -0.15) is 11.8 Å². The Labute approximate surface area is 148 Å². The van der Waals surface area contributed by atoms with Gasteiger partial charge >= 0.3 is 11.9 Å². The van der Waals surface area contributed by atoms with Crippen LogP contribution in [0.3, 0.4) is 0 Å². The van der Waals surface area contributed by atoms with Crippen molar-refractivity contribution in [2.24, 2.45) is 5.73 Å². The van der Waals surface area contributed by atoms with Crippen LogP contribution < -0.4 is 11.1 Å². The van der Waals surface area contributed by atoms with Gasteiger partial charge in [-0.3, -0.25) is 4.79 Å². The van der Waals surface area contributed by atoms with E-state index in [9.17, 15) is 9.59 Å². The SMILES string of the molecule is CCSCCOC(=O)[C@H](C)Nc1c(C)cccc1C.NCC(=O)O. The lowest BCUT2D eigenvalue weighted by molar-refractivity contribution is -0.143. The third-order valence-electron chi connectivity index (χ3n) is 3.05. The minimum Gasteiger partial charge on any atom is -0.480 e. The Hall–Kier alpha value is -1.73. The zero-order valence-electron chi connectivity index (χ0n) is 14.8. The molecule has 0 amide bonds. The number of carboxylic acid groups (broad SMARTS) is 1. The molecule has 0 aromatic heterocycles. The highest BCUT2D eigenvalue weighted by atomic mass is 32.2. The number of nitrogens with two attached hydrogens (primary N) is 1. The van der Waals surface area contributed by atoms with Crippen LogP contribution in [-0.2, 0) is 14.3 Å². The summed E-state index contributed by atoms with van der Waals surface area (Å²) in [6.07, 6.45) is 0. The molecule has 1 rings (SSSR count). The second-order valence-electron chi connectivity index (χ2n) is 5.10. The third kappa shape index (κ3) is 9.42. The van der Waals surface area contributed by atoms with Gasteiger partial charge in [-0.1, -0.05) is 25.1 Å². The number of anilines is 1. The van der Waals surface area contributed by atoms with E-state index in [0.717, 1.165) is 28.3 Å². The number of ether oxygens (including phenoxy) is 1. The smallest absolute Gasteiger partial charge is 0.328 e. The number of esters is 1. The standard InChI is InChI=1S/C15H23NO2S.C2H5NO2/c1-5-19-10-9-18-15(17)13(4)16-14-11(2)7-6-8-12(14)3;3-1-2(4)5/h6-8,13,16H,5,9-10H2,1-4H3;1,3H2,(H,4,5)/t13-;/m0./s1. The summed E-state index contributed by atoms with van der Waals surface area (Å²) in [7, 11) is 0. The average Bonchev–Trinajstić information content (AvgIpc) is 2.55. The molecule has 0 unspecified atom stereocenters. The van der Waals surface area contributed by atoms with Crippen LogP contribution in [-0.4, -0.2) is 47.7 Å². The van der Waals surface area contributed by atoms with Gasteiger partial charge in [0.25, 0.3) is 0 Å². The Kier molecular flexibility index (Phi) is 11.8. The number of aryl methyl sites for hydroxylation is 2. The summed E-state index contributed by atoms with van der Waals surface area (Å²) in [5.41, 5.74) is 7.87. The maximum absolute atomic E-state index is 11.8. The zero-order chi connectivity index (χ0) is 18.5. The monoisotopic (exact) mass is 356 g/mol. The van der Waals surface area contributed by atoms with Crippen LogP contribution in [0.25, 0.3) is 0 Å². The number of carbonyl (C=O) groups is 2. The van der Waals surface area contributed by atoms with Gasteiger partial charge in [-0.05, 0) is 37.7 Å². The van der Waals surface area contributed by atoms with Crippen LogP contribution in [0.5, 0.6) is 0 Å². The van der Waals surface area contributed by atoms with Crippen molar-refractivity contribution in [1.29, 1.82) is 0 Å². The lowest BCUT2D eigenvalue weighted by Gasteiger charge is -2.18. The van der Waals surface area contributed by atoms with Crippen molar-refractivity contribution in [3.05, 3.63) is 29.3 Å². The Bertz CT molecular complexity index is 503. The van der Waals surface area contributed by atoms with E-state index in [1.165, 1.54) is 0 Å². The molecule has 136 valence electrons. The number of hydrogen-bond acceptors (Lipinski definition) is 6. The predicted molar refractivity (Wildman–Crippen MR) is 99.6 cm³/mol. The minimum absolute atomic E-state index is 0.195. The normalized spacial score (nSPS) is 11.0. The molecule has 7 heteroatoms. The van der Waals surface area contributed by atoms with E-state index in [2.05, 4.69) is 18.0 Å². The van der Waals surface area contributed by atoms with Crippen molar-refractivity contribution in [2.45, 2.75) is 33.7 Å². The number of hydrogen-bond donors (Lipinski definition) is 3. The molecule has 6 nitrogen and oxygen atoms in total. The van der Waals surface area contributed by atoms with Crippen LogP contribution in [0.1, 0.15) is 25.0 Å². The van der Waals surface area contributed by atoms with Crippen molar-refractivity contribution in [2.75, 3.05) is 30.0 Å². The number of thioether (sulfide) groups is 1. The molecule has 0 aliphatic heterocycles. The van der Waals surface area contributed by atoms with Crippen molar-refractivity contribution >= 4 is 29.4 Å². The number of rotatable bonds is 8. The minimum atomic E-state index is -0.968. The molecule has 0 aliphatic carbocycles. The second-order valence-corrected chi connectivity index (χ2v) is 6.49. The molecule has 0 aliphatic rings. The van der Waals surface area contributed by atoms with E-state index in [0.29, 0.717) is 6.61 Å². The van der Waals surface area contributed by atoms with E-state index < -0.39 is 5.97 Å². The number of carboxylic acids is 1. The third-order valence-corrected chi connectivity index (χ3v) is 3.91. The molecule has 1 atom stereocenters. The molecule has 0 saturated carbocycles. The maximum Gasteiger partial charge on any atom is 0.328 e. The van der Waals surface area contributed by atoms with Gasteiger partial charge in [0.05, 0.1) is 6.54 Å². The number of aliphatic carboxylic acids is 1. The van der Waals surface area contributed by atoms with E-state index in [1.807, 2.05) is 39.0 Å². The van der Waals surface area contributed by atoms with E-state index in [4.69, 9.17) is 9.84 Å². The first-order chi connectivity index (χ1) is 11.3. The molecule has 0 bridgehead atoms. The molecule has 4 N–H and O–H groups in total. The first-order valence-electron chi connectivity index (χ1n) is 7.82. The fourth-order valence-corrected chi connectivity index (χ4v) is 2.28. The molecule has 0 radical (unpaired) electrons. The van der Waals surface area contributed by atoms with Crippen LogP contribution in [0, 0.1) is 13.8 Å². The number of nitrogens with one attached hydrogen (secondary N) is 1. The first kappa shape index (κ1) is 22.3. The molecule has 1 aromatic carbocycles. The quantitative estimate of drug-likeness (QED) is 0.486. The van der Waals surface area contributed by atoms with Gasteiger partial charge in [-0.25, -0.2) is 4.79 Å². The zero-order valence-corrected chi connectivity index (χ0v) is 15.6. The summed E-state index contributed by atoms with van der Waals surface area (Å²) in [5, 5.41) is 10.8. The van der Waals surface area contributed by atoms with Crippen LogP contribution in [0.4, 0.5) is 5.69 Å². The van der Waals surface area contributed by atoms with Crippen LogP contribution in [0.2, 0.25) is 0 Å². The summed E-state index contributed by atoms with van der Waals surface area (Å²) < 4.78 is 5.24. The number of benzene rings is 1. The van der Waals surface area contributed by atoms with Crippen molar-refractivity contribution < 1.29 is 19.4 Å². The second kappa shape index (κ2) is 12.7. The van der Waals surface area contributed by atoms with Gasteiger partial charge in [0.1, 0.15) is 12.6 Å². The van der Waals surface area contributed by atoms with Gasteiger partial charge in [0, 0.05) is 11.4 Å².